The van der Waals surface area contributed by atoms with E-state index < -0.39 is 0 Å². The molecule has 4 nitrogen and oxygen atoms in total. The van der Waals surface area contributed by atoms with Crippen molar-refractivity contribution in [3.8, 4) is 0 Å². The molecule has 2 unspecified atom stereocenters. The van der Waals surface area contributed by atoms with E-state index in [4.69, 9.17) is 0 Å². The first-order valence-corrected chi connectivity index (χ1v) is 6.82. The monoisotopic (exact) mass is 290 g/mol. The van der Waals surface area contributed by atoms with E-state index in [1.165, 1.54) is 30.6 Å². The first-order chi connectivity index (χ1) is 7.16. The Morgan fingerprint density at radius 2 is 2.00 bits per heavy atom. The molecule has 84 valence electrons. The average molecular weight is 291 g/mol. The molecule has 0 saturated carbocycles. The van der Waals surface area contributed by atoms with Crippen LogP contribution in [0.4, 0.5) is 5.13 Å². The van der Waals surface area contributed by atoms with Crippen molar-refractivity contribution in [2.75, 3.05) is 5.43 Å². The highest BCUT2D eigenvalue weighted by atomic mass is 79.9. The minimum Gasteiger partial charge on any atom is -0.292 e. The summed E-state index contributed by atoms with van der Waals surface area (Å²) in [4.78, 5) is 0. The number of hydrogen-bond donors (Lipinski definition) is 1. The third-order valence-electron chi connectivity index (χ3n) is 2.82. The van der Waals surface area contributed by atoms with Crippen molar-refractivity contribution in [1.82, 2.24) is 15.2 Å². The third kappa shape index (κ3) is 2.68. The van der Waals surface area contributed by atoms with Crippen LogP contribution in [0.1, 0.15) is 33.1 Å². The molecule has 1 aromatic heterocycles. The molecular weight excluding hydrogens is 276 g/mol. The van der Waals surface area contributed by atoms with Gasteiger partial charge in [-0.2, -0.15) is 0 Å². The van der Waals surface area contributed by atoms with Crippen molar-refractivity contribution in [3.05, 3.63) is 3.92 Å². The lowest BCUT2D eigenvalue weighted by molar-refractivity contribution is 0.135. The van der Waals surface area contributed by atoms with E-state index >= 15 is 0 Å². The number of hydrogen-bond acceptors (Lipinski definition) is 5. The maximum atomic E-state index is 4.05. The van der Waals surface area contributed by atoms with Crippen LogP contribution in [0.25, 0.3) is 0 Å². The predicted molar refractivity (Wildman–Crippen MR) is 65.8 cm³/mol. The Morgan fingerprint density at radius 3 is 2.53 bits per heavy atom. The van der Waals surface area contributed by atoms with Gasteiger partial charge in [-0.05, 0) is 42.6 Å². The van der Waals surface area contributed by atoms with E-state index in [2.05, 4.69) is 50.4 Å². The van der Waals surface area contributed by atoms with Crippen LogP contribution in [0.3, 0.4) is 0 Å². The Morgan fingerprint density at radius 1 is 1.33 bits per heavy atom. The van der Waals surface area contributed by atoms with Crippen LogP contribution < -0.4 is 5.43 Å². The SMILES string of the molecule is CC1CCCC(C)N1Nc1nnc(Br)s1. The molecule has 6 heteroatoms. The molecule has 0 bridgehead atoms. The fourth-order valence-electron chi connectivity index (χ4n) is 2.00. The average Bonchev–Trinajstić information content (AvgIpc) is 2.58. The summed E-state index contributed by atoms with van der Waals surface area (Å²) in [5, 5.41) is 11.1. The standard InChI is InChI=1S/C9H15BrN4S/c1-6-4-3-5-7(2)14(6)13-9-12-11-8(10)15-9/h6-7H,3-5H2,1-2H3,(H,12,13). The van der Waals surface area contributed by atoms with E-state index in [1.54, 1.807) is 0 Å². The second-order valence-corrected chi connectivity index (χ2v) is 6.26. The number of nitrogens with one attached hydrogen (secondary N) is 1. The Balaban J connectivity index is 2.03. The smallest absolute Gasteiger partial charge is 0.220 e. The van der Waals surface area contributed by atoms with Crippen LogP contribution in [0, 0.1) is 0 Å². The van der Waals surface area contributed by atoms with Crippen molar-refractivity contribution in [1.29, 1.82) is 0 Å². The maximum Gasteiger partial charge on any atom is 0.220 e. The van der Waals surface area contributed by atoms with Crippen LogP contribution in [-0.4, -0.2) is 27.3 Å². The highest BCUT2D eigenvalue weighted by Gasteiger charge is 2.25. The minimum atomic E-state index is 0.566. The summed E-state index contributed by atoms with van der Waals surface area (Å²) < 4.78 is 0.822. The molecule has 0 spiro atoms. The number of nitrogens with zero attached hydrogens (tertiary/aromatic N) is 3. The Hall–Kier alpha value is -0.200. The fourth-order valence-corrected chi connectivity index (χ4v) is 3.02. The lowest BCUT2D eigenvalue weighted by atomic mass is 10.00. The van der Waals surface area contributed by atoms with Gasteiger partial charge < -0.3 is 0 Å². The molecule has 0 radical (unpaired) electrons. The first-order valence-electron chi connectivity index (χ1n) is 5.21. The van der Waals surface area contributed by atoms with Gasteiger partial charge in [0.25, 0.3) is 0 Å². The lowest BCUT2D eigenvalue weighted by Crippen LogP contribution is -2.47. The number of aromatic nitrogens is 2. The van der Waals surface area contributed by atoms with Crippen LogP contribution in [0.2, 0.25) is 0 Å². The number of piperidine rings is 1. The number of anilines is 1. The van der Waals surface area contributed by atoms with Gasteiger partial charge in [-0.15, -0.1) is 10.2 Å². The third-order valence-corrected chi connectivity index (χ3v) is 4.08. The quantitative estimate of drug-likeness (QED) is 0.909. The molecule has 1 saturated heterocycles. The van der Waals surface area contributed by atoms with Crippen molar-refractivity contribution in [3.63, 3.8) is 0 Å². The summed E-state index contributed by atoms with van der Waals surface area (Å²) in [5.74, 6) is 0. The normalized spacial score (nSPS) is 27.9. The van der Waals surface area contributed by atoms with Gasteiger partial charge in [-0.3, -0.25) is 5.43 Å². The van der Waals surface area contributed by atoms with Crippen molar-refractivity contribution in [2.45, 2.75) is 45.2 Å². The number of halogens is 1. The maximum absolute atomic E-state index is 4.05. The summed E-state index contributed by atoms with van der Waals surface area (Å²) in [6.45, 7) is 4.50. The summed E-state index contributed by atoms with van der Waals surface area (Å²) in [6, 6.07) is 1.13. The zero-order chi connectivity index (χ0) is 10.8. The van der Waals surface area contributed by atoms with Crippen molar-refractivity contribution >= 4 is 32.4 Å². The van der Waals surface area contributed by atoms with Gasteiger partial charge in [-0.1, -0.05) is 17.8 Å². The van der Waals surface area contributed by atoms with Gasteiger partial charge in [0.05, 0.1) is 0 Å². The molecule has 1 N–H and O–H groups in total. The van der Waals surface area contributed by atoms with Gasteiger partial charge in [-0.25, -0.2) is 5.01 Å². The van der Waals surface area contributed by atoms with E-state index in [9.17, 15) is 0 Å². The lowest BCUT2D eigenvalue weighted by Gasteiger charge is -2.38. The summed E-state index contributed by atoms with van der Waals surface area (Å²) in [7, 11) is 0. The van der Waals surface area contributed by atoms with Gasteiger partial charge in [0.15, 0.2) is 3.92 Å². The summed E-state index contributed by atoms with van der Waals surface area (Å²) >= 11 is 4.84. The first kappa shape index (κ1) is 11.3. The summed E-state index contributed by atoms with van der Waals surface area (Å²) in [5.41, 5.74) is 3.35. The predicted octanol–water partition coefficient (Wildman–Crippen LogP) is 2.89. The Labute approximate surface area is 102 Å². The Kier molecular flexibility index (Phi) is 3.58. The molecular formula is C9H15BrN4S. The molecule has 1 aliphatic heterocycles. The van der Waals surface area contributed by atoms with E-state index in [0.717, 1.165) is 9.05 Å². The van der Waals surface area contributed by atoms with Gasteiger partial charge in [0.2, 0.25) is 5.13 Å². The zero-order valence-electron chi connectivity index (χ0n) is 8.90. The van der Waals surface area contributed by atoms with Gasteiger partial charge in [0, 0.05) is 12.1 Å². The second kappa shape index (κ2) is 4.76. The van der Waals surface area contributed by atoms with Gasteiger partial charge in [0.1, 0.15) is 0 Å². The molecule has 0 aliphatic carbocycles. The number of rotatable bonds is 2. The van der Waals surface area contributed by atoms with E-state index in [-0.39, 0.29) is 0 Å². The molecule has 1 aromatic rings. The molecule has 15 heavy (non-hydrogen) atoms. The van der Waals surface area contributed by atoms with Crippen LogP contribution in [-0.2, 0) is 0 Å². The van der Waals surface area contributed by atoms with Crippen molar-refractivity contribution < 1.29 is 0 Å². The zero-order valence-corrected chi connectivity index (χ0v) is 11.3. The molecule has 1 fully saturated rings. The highest BCUT2D eigenvalue weighted by molar-refractivity contribution is 9.11. The minimum absolute atomic E-state index is 0.566. The second-order valence-electron chi connectivity index (χ2n) is 4.01. The van der Waals surface area contributed by atoms with Crippen LogP contribution >= 0.6 is 27.3 Å². The van der Waals surface area contributed by atoms with E-state index in [1.807, 2.05) is 0 Å². The van der Waals surface area contributed by atoms with Crippen molar-refractivity contribution in [2.24, 2.45) is 0 Å². The number of hydrazine groups is 1. The topological polar surface area (TPSA) is 41.0 Å². The molecule has 0 aromatic carbocycles. The van der Waals surface area contributed by atoms with Crippen LogP contribution in [0.5, 0.6) is 0 Å². The molecule has 2 heterocycles. The fraction of sp³-hybridized carbons (Fsp3) is 0.778. The summed E-state index contributed by atoms with van der Waals surface area (Å²) in [6.07, 6.45) is 3.81. The van der Waals surface area contributed by atoms with E-state index in [0.29, 0.717) is 12.1 Å². The molecule has 0 amide bonds. The Bertz CT molecular complexity index is 320. The molecule has 2 rings (SSSR count). The molecule has 1 aliphatic rings. The van der Waals surface area contributed by atoms with Crippen LogP contribution in [0.15, 0.2) is 3.92 Å². The molecule has 2 atom stereocenters. The van der Waals surface area contributed by atoms with Gasteiger partial charge >= 0.3 is 0 Å². The largest absolute Gasteiger partial charge is 0.292 e. The highest BCUT2D eigenvalue weighted by Crippen LogP contribution is 2.26.